The number of hydrogen-bond acceptors (Lipinski definition) is 5. The van der Waals surface area contributed by atoms with Gasteiger partial charge in [0.1, 0.15) is 13.2 Å². The number of unbranched alkanes of at least 4 members (excludes halogenated alkanes) is 9. The zero-order valence-electron chi connectivity index (χ0n) is 26.1. The Balaban J connectivity index is 4.56. The summed E-state index contributed by atoms with van der Waals surface area (Å²) in [7, 11) is 1.53. The Hall–Kier alpha value is -1.28. The molecule has 0 aromatic heterocycles. The number of aliphatic hydroxyl groups is 1. The minimum atomic E-state index is -4.31. The van der Waals surface area contributed by atoms with Gasteiger partial charge in [-0.05, 0) is 44.9 Å². The van der Waals surface area contributed by atoms with Gasteiger partial charge in [0.05, 0.1) is 39.9 Å². The molecule has 0 aromatic carbocycles. The molecular weight excluding hydrogens is 527 g/mol. The summed E-state index contributed by atoms with van der Waals surface area (Å²) >= 11 is 0. The Morgan fingerprint density at radius 3 is 1.98 bits per heavy atom. The molecule has 0 saturated carbocycles. The molecule has 3 N–H and O–H groups in total. The zero-order valence-corrected chi connectivity index (χ0v) is 27.0. The van der Waals surface area contributed by atoms with Gasteiger partial charge in [0.2, 0.25) is 5.91 Å². The first-order valence-corrected chi connectivity index (χ1v) is 16.9. The molecule has 3 atom stereocenters. The lowest BCUT2D eigenvalue weighted by Crippen LogP contribution is -2.45. The smallest absolute Gasteiger partial charge is 0.387 e. The average molecular weight is 588 g/mol. The molecule has 0 heterocycles. The highest BCUT2D eigenvalue weighted by molar-refractivity contribution is 7.47. The molecule has 0 aromatic rings. The first-order chi connectivity index (χ1) is 19.0. The minimum absolute atomic E-state index is 0.0523. The van der Waals surface area contributed by atoms with Gasteiger partial charge in [0.15, 0.2) is 0 Å². The summed E-state index contributed by atoms with van der Waals surface area (Å²) in [6.07, 6.45) is 25.7. The molecule has 0 fully saturated rings. The van der Waals surface area contributed by atoms with E-state index in [2.05, 4.69) is 43.5 Å². The summed E-state index contributed by atoms with van der Waals surface area (Å²) in [4.78, 5) is 22.4. The van der Waals surface area contributed by atoms with E-state index in [1.165, 1.54) is 38.5 Å². The molecule has 0 rings (SSSR count). The van der Waals surface area contributed by atoms with E-state index in [0.717, 1.165) is 44.9 Å². The Kier molecular flexibility index (Phi) is 23.6. The van der Waals surface area contributed by atoms with Crippen molar-refractivity contribution in [2.75, 3.05) is 40.9 Å². The van der Waals surface area contributed by atoms with Crippen molar-refractivity contribution in [1.82, 2.24) is 5.32 Å². The van der Waals surface area contributed by atoms with E-state index in [0.29, 0.717) is 17.4 Å². The normalized spacial score (nSPS) is 15.7. The van der Waals surface area contributed by atoms with Crippen molar-refractivity contribution >= 4 is 13.7 Å². The number of hydrogen-bond donors (Lipinski definition) is 3. The van der Waals surface area contributed by atoms with Crippen LogP contribution >= 0.6 is 7.82 Å². The van der Waals surface area contributed by atoms with Gasteiger partial charge in [-0.3, -0.25) is 13.8 Å². The fourth-order valence-corrected chi connectivity index (χ4v) is 4.51. The van der Waals surface area contributed by atoms with Gasteiger partial charge >= 0.3 is 7.82 Å². The monoisotopic (exact) mass is 587 g/mol. The summed E-state index contributed by atoms with van der Waals surface area (Å²) in [6.45, 7) is 4.54. The van der Waals surface area contributed by atoms with Gasteiger partial charge in [-0.15, -0.1) is 0 Å². The molecule has 234 valence electrons. The van der Waals surface area contributed by atoms with Gasteiger partial charge in [-0.25, -0.2) is 4.57 Å². The molecule has 9 heteroatoms. The summed E-state index contributed by atoms with van der Waals surface area (Å²) in [5.41, 5.74) is 0. The third-order valence-corrected chi connectivity index (χ3v) is 7.32. The average Bonchev–Trinajstić information content (AvgIpc) is 2.88. The predicted octanol–water partition coefficient (Wildman–Crippen LogP) is 6.84. The number of aliphatic hydroxyl groups excluding tert-OH is 1. The van der Waals surface area contributed by atoms with Crippen LogP contribution < -0.4 is 5.32 Å². The first kappa shape index (κ1) is 38.7. The highest BCUT2D eigenvalue weighted by Crippen LogP contribution is 2.43. The van der Waals surface area contributed by atoms with Crippen molar-refractivity contribution in [1.29, 1.82) is 0 Å². The predicted molar refractivity (Wildman–Crippen MR) is 166 cm³/mol. The standard InChI is InChI=1S/C31H59N2O6P/c1-6-8-10-11-12-13-14-15-16-17-18-19-20-21-23-24-30(34)29(32-31(35)25-22-9-7-2)28-39-40(36,37)38-27-26-33(3,4)5/h14-15,18-19,23-24,29-30,34H,6-13,16-17,20-22,25-28H2,1-5H3,(H-,32,35,36,37)/p+1/b15-14+,19-18+,24-23+. The van der Waals surface area contributed by atoms with E-state index in [-0.39, 0.29) is 19.1 Å². The topological polar surface area (TPSA) is 105 Å². The third kappa shape index (κ3) is 25.7. The SMILES string of the molecule is CCCCCCC/C=C/CC/C=C/CC/C=C/C(O)C(COP(=O)(O)OCC[N+](C)(C)C)NC(=O)CCCCC. The Morgan fingerprint density at radius 2 is 1.38 bits per heavy atom. The summed E-state index contributed by atoms with van der Waals surface area (Å²) in [6, 6.07) is -0.859. The molecule has 0 bridgehead atoms. The maximum atomic E-state index is 12.4. The van der Waals surface area contributed by atoms with Crippen LogP contribution in [0.4, 0.5) is 0 Å². The largest absolute Gasteiger partial charge is 0.472 e. The van der Waals surface area contributed by atoms with Crippen molar-refractivity contribution in [3.05, 3.63) is 36.5 Å². The van der Waals surface area contributed by atoms with E-state index >= 15 is 0 Å². The van der Waals surface area contributed by atoms with Crippen LogP contribution in [0.2, 0.25) is 0 Å². The number of rotatable bonds is 26. The van der Waals surface area contributed by atoms with Gasteiger partial charge in [-0.1, -0.05) is 88.8 Å². The van der Waals surface area contributed by atoms with E-state index in [1.807, 2.05) is 27.2 Å². The van der Waals surface area contributed by atoms with Crippen LogP contribution in [-0.4, -0.2) is 73.4 Å². The van der Waals surface area contributed by atoms with Crippen LogP contribution in [0.1, 0.15) is 104 Å². The van der Waals surface area contributed by atoms with Crippen LogP contribution in [0.5, 0.6) is 0 Å². The lowest BCUT2D eigenvalue weighted by atomic mass is 10.1. The second-order valence-corrected chi connectivity index (χ2v) is 12.9. The molecular formula is C31H60N2O6P+. The lowest BCUT2D eigenvalue weighted by Gasteiger charge is -2.25. The zero-order chi connectivity index (χ0) is 30.1. The fraction of sp³-hybridized carbons (Fsp3) is 0.774. The number of nitrogens with zero attached hydrogens (tertiary/aromatic N) is 1. The summed E-state index contributed by atoms with van der Waals surface area (Å²) in [5, 5.41) is 13.4. The van der Waals surface area contributed by atoms with Crippen LogP contribution in [0.25, 0.3) is 0 Å². The van der Waals surface area contributed by atoms with Crippen molar-refractivity contribution in [3.8, 4) is 0 Å². The van der Waals surface area contributed by atoms with E-state index in [4.69, 9.17) is 9.05 Å². The lowest BCUT2D eigenvalue weighted by molar-refractivity contribution is -0.870. The second-order valence-electron chi connectivity index (χ2n) is 11.5. The molecule has 0 saturated heterocycles. The quantitative estimate of drug-likeness (QED) is 0.0443. The molecule has 40 heavy (non-hydrogen) atoms. The Morgan fingerprint density at radius 1 is 0.825 bits per heavy atom. The van der Waals surface area contributed by atoms with E-state index in [1.54, 1.807) is 6.08 Å². The number of carbonyl (C=O) groups is 1. The molecule has 0 aliphatic heterocycles. The molecule has 0 spiro atoms. The van der Waals surface area contributed by atoms with Crippen molar-refractivity contribution < 1.29 is 32.9 Å². The minimum Gasteiger partial charge on any atom is -0.387 e. The van der Waals surface area contributed by atoms with E-state index in [9.17, 15) is 19.4 Å². The van der Waals surface area contributed by atoms with Crippen LogP contribution in [-0.2, 0) is 18.4 Å². The molecule has 0 aliphatic carbocycles. The first-order valence-electron chi connectivity index (χ1n) is 15.4. The number of carbonyl (C=O) groups excluding carboxylic acids is 1. The maximum absolute atomic E-state index is 12.4. The van der Waals surface area contributed by atoms with Crippen LogP contribution in [0, 0.1) is 0 Å². The number of allylic oxidation sites excluding steroid dienone is 5. The van der Waals surface area contributed by atoms with Crippen molar-refractivity contribution in [3.63, 3.8) is 0 Å². The Bertz CT molecular complexity index is 763. The number of phosphoric acid groups is 1. The number of nitrogens with one attached hydrogen (secondary N) is 1. The molecule has 1 amide bonds. The number of phosphoric ester groups is 1. The van der Waals surface area contributed by atoms with E-state index < -0.39 is 20.0 Å². The molecule has 3 unspecified atom stereocenters. The van der Waals surface area contributed by atoms with Crippen molar-refractivity contribution in [2.45, 2.75) is 116 Å². The highest BCUT2D eigenvalue weighted by atomic mass is 31.2. The molecule has 8 nitrogen and oxygen atoms in total. The third-order valence-electron chi connectivity index (χ3n) is 6.34. The van der Waals surface area contributed by atoms with Crippen molar-refractivity contribution in [2.24, 2.45) is 0 Å². The van der Waals surface area contributed by atoms with Gasteiger partial charge < -0.3 is 19.8 Å². The maximum Gasteiger partial charge on any atom is 0.472 e. The van der Waals surface area contributed by atoms with Crippen LogP contribution in [0.3, 0.4) is 0 Å². The number of quaternary nitrogens is 1. The second kappa shape index (κ2) is 24.3. The van der Waals surface area contributed by atoms with Gasteiger partial charge in [0.25, 0.3) is 0 Å². The number of likely N-dealkylation sites (N-methyl/N-ethyl adjacent to an activating group) is 1. The summed E-state index contributed by atoms with van der Waals surface area (Å²) in [5.74, 6) is -0.221. The van der Waals surface area contributed by atoms with Gasteiger partial charge in [-0.2, -0.15) is 0 Å². The van der Waals surface area contributed by atoms with Gasteiger partial charge in [0, 0.05) is 6.42 Å². The highest BCUT2D eigenvalue weighted by Gasteiger charge is 2.27. The summed E-state index contributed by atoms with van der Waals surface area (Å²) < 4.78 is 23.1. The Labute approximate surface area is 245 Å². The number of amides is 1. The molecule has 0 radical (unpaired) electrons. The van der Waals surface area contributed by atoms with Crippen LogP contribution in [0.15, 0.2) is 36.5 Å². The molecule has 0 aliphatic rings. The fourth-order valence-electron chi connectivity index (χ4n) is 3.77.